The second-order valence-corrected chi connectivity index (χ2v) is 4.22. The van der Waals surface area contributed by atoms with Gasteiger partial charge in [-0.25, -0.2) is 4.79 Å². The first kappa shape index (κ1) is 14.2. The molecule has 0 fully saturated rings. The quantitative estimate of drug-likeness (QED) is 0.493. The van der Waals surface area contributed by atoms with Crippen LogP contribution >= 0.6 is 0 Å². The van der Waals surface area contributed by atoms with Crippen molar-refractivity contribution in [3.63, 3.8) is 0 Å². The van der Waals surface area contributed by atoms with Gasteiger partial charge in [0.2, 0.25) is 0 Å². The Kier molecular flexibility index (Phi) is 6.30. The number of ether oxygens (including phenoxy) is 1. The van der Waals surface area contributed by atoms with E-state index in [9.17, 15) is 4.79 Å². The SMILES string of the molecule is CCCC=C(C)C(=O)OC(C)(CC)CC. The van der Waals surface area contributed by atoms with Crippen LogP contribution in [0.25, 0.3) is 0 Å². The summed E-state index contributed by atoms with van der Waals surface area (Å²) in [6.07, 6.45) is 5.67. The Morgan fingerprint density at radius 2 is 1.80 bits per heavy atom. The molecule has 0 unspecified atom stereocenters. The monoisotopic (exact) mass is 212 g/mol. The first-order valence-corrected chi connectivity index (χ1v) is 5.89. The van der Waals surface area contributed by atoms with Gasteiger partial charge in [0, 0.05) is 5.57 Å². The van der Waals surface area contributed by atoms with Crippen LogP contribution in [-0.2, 0) is 9.53 Å². The maximum Gasteiger partial charge on any atom is 0.333 e. The van der Waals surface area contributed by atoms with E-state index in [0.717, 1.165) is 31.3 Å². The summed E-state index contributed by atoms with van der Waals surface area (Å²) in [6.45, 7) is 9.99. The average Bonchev–Trinajstić information content (AvgIpc) is 2.25. The van der Waals surface area contributed by atoms with E-state index in [2.05, 4.69) is 6.92 Å². The maximum absolute atomic E-state index is 11.7. The van der Waals surface area contributed by atoms with Crippen molar-refractivity contribution in [1.82, 2.24) is 0 Å². The van der Waals surface area contributed by atoms with Gasteiger partial charge in [-0.3, -0.25) is 0 Å². The Labute approximate surface area is 93.7 Å². The van der Waals surface area contributed by atoms with Crippen molar-refractivity contribution in [2.75, 3.05) is 0 Å². The minimum absolute atomic E-state index is 0.172. The molecule has 0 aromatic heterocycles. The minimum Gasteiger partial charge on any atom is -0.456 e. The second kappa shape index (κ2) is 6.65. The third kappa shape index (κ3) is 5.01. The van der Waals surface area contributed by atoms with Gasteiger partial charge in [-0.1, -0.05) is 33.3 Å². The number of carbonyl (C=O) groups excluding carboxylic acids is 1. The van der Waals surface area contributed by atoms with E-state index in [4.69, 9.17) is 4.74 Å². The van der Waals surface area contributed by atoms with E-state index in [1.54, 1.807) is 0 Å². The molecule has 0 rings (SSSR count). The van der Waals surface area contributed by atoms with Crippen LogP contribution in [0.1, 0.15) is 60.3 Å². The summed E-state index contributed by atoms with van der Waals surface area (Å²) in [5.41, 5.74) is 0.420. The molecule has 0 atom stereocenters. The zero-order chi connectivity index (χ0) is 11.9. The maximum atomic E-state index is 11.7. The van der Waals surface area contributed by atoms with E-state index < -0.39 is 0 Å². The number of carbonyl (C=O) groups is 1. The summed E-state index contributed by atoms with van der Waals surface area (Å²) in [7, 11) is 0. The standard InChI is InChI=1S/C13H24O2/c1-6-9-10-11(4)12(14)15-13(5,7-2)8-3/h10H,6-9H2,1-5H3. The highest BCUT2D eigenvalue weighted by atomic mass is 16.6. The predicted molar refractivity (Wildman–Crippen MR) is 63.7 cm³/mol. The van der Waals surface area contributed by atoms with E-state index in [1.807, 2.05) is 33.8 Å². The van der Waals surface area contributed by atoms with Crippen LogP contribution in [0.5, 0.6) is 0 Å². The van der Waals surface area contributed by atoms with E-state index in [0.29, 0.717) is 0 Å². The molecular weight excluding hydrogens is 188 g/mol. The van der Waals surface area contributed by atoms with Crippen molar-refractivity contribution in [3.05, 3.63) is 11.6 Å². The fourth-order valence-corrected chi connectivity index (χ4v) is 1.14. The van der Waals surface area contributed by atoms with Crippen molar-refractivity contribution in [1.29, 1.82) is 0 Å². The highest BCUT2D eigenvalue weighted by Crippen LogP contribution is 2.21. The molecule has 0 amide bonds. The Balaban J connectivity index is 4.35. The zero-order valence-corrected chi connectivity index (χ0v) is 10.7. The van der Waals surface area contributed by atoms with Gasteiger partial charge in [0.1, 0.15) is 5.60 Å². The summed E-state index contributed by atoms with van der Waals surface area (Å²) in [6, 6.07) is 0. The lowest BCUT2D eigenvalue weighted by molar-refractivity contribution is -0.153. The lowest BCUT2D eigenvalue weighted by atomic mass is 10.00. The number of rotatable bonds is 6. The molecule has 0 N–H and O–H groups in total. The Hall–Kier alpha value is -0.790. The molecular formula is C13H24O2. The fraction of sp³-hybridized carbons (Fsp3) is 0.769. The van der Waals surface area contributed by atoms with Gasteiger partial charge in [0.15, 0.2) is 0 Å². The molecule has 15 heavy (non-hydrogen) atoms. The van der Waals surface area contributed by atoms with Crippen molar-refractivity contribution in [2.24, 2.45) is 0 Å². The molecule has 0 heterocycles. The Morgan fingerprint density at radius 3 is 2.20 bits per heavy atom. The summed E-state index contributed by atoms with van der Waals surface area (Å²) in [4.78, 5) is 11.7. The van der Waals surface area contributed by atoms with Crippen LogP contribution in [0.3, 0.4) is 0 Å². The highest BCUT2D eigenvalue weighted by Gasteiger charge is 2.24. The van der Waals surface area contributed by atoms with Crippen LogP contribution in [-0.4, -0.2) is 11.6 Å². The van der Waals surface area contributed by atoms with E-state index in [1.165, 1.54) is 0 Å². The van der Waals surface area contributed by atoms with Crippen molar-refractivity contribution in [3.8, 4) is 0 Å². The normalized spacial score (nSPS) is 12.7. The van der Waals surface area contributed by atoms with Crippen LogP contribution < -0.4 is 0 Å². The van der Waals surface area contributed by atoms with Gasteiger partial charge in [-0.15, -0.1) is 0 Å². The molecule has 0 aromatic rings. The zero-order valence-electron chi connectivity index (χ0n) is 10.7. The lowest BCUT2D eigenvalue weighted by Crippen LogP contribution is -2.30. The van der Waals surface area contributed by atoms with Gasteiger partial charge in [0.25, 0.3) is 0 Å². The number of allylic oxidation sites excluding steroid dienone is 1. The summed E-state index contributed by atoms with van der Waals surface area (Å²) >= 11 is 0. The van der Waals surface area contributed by atoms with Crippen molar-refractivity contribution < 1.29 is 9.53 Å². The number of unbranched alkanes of at least 4 members (excludes halogenated alkanes) is 1. The molecule has 0 aliphatic heterocycles. The van der Waals surface area contributed by atoms with E-state index >= 15 is 0 Å². The van der Waals surface area contributed by atoms with Crippen LogP contribution in [0, 0.1) is 0 Å². The summed E-state index contributed by atoms with van der Waals surface area (Å²) < 4.78 is 5.49. The largest absolute Gasteiger partial charge is 0.456 e. The molecule has 0 saturated heterocycles. The number of hydrogen-bond donors (Lipinski definition) is 0. The molecule has 0 aliphatic rings. The molecule has 0 aliphatic carbocycles. The Morgan fingerprint density at radius 1 is 1.27 bits per heavy atom. The molecule has 0 saturated carbocycles. The second-order valence-electron chi connectivity index (χ2n) is 4.22. The van der Waals surface area contributed by atoms with Gasteiger partial charge in [-0.2, -0.15) is 0 Å². The first-order valence-electron chi connectivity index (χ1n) is 5.89. The van der Waals surface area contributed by atoms with Crippen LogP contribution in [0.2, 0.25) is 0 Å². The molecule has 0 spiro atoms. The van der Waals surface area contributed by atoms with Gasteiger partial charge in [0.05, 0.1) is 0 Å². The molecule has 0 bridgehead atoms. The third-order valence-electron chi connectivity index (χ3n) is 2.90. The van der Waals surface area contributed by atoms with Crippen molar-refractivity contribution >= 4 is 5.97 Å². The summed E-state index contributed by atoms with van der Waals surface area (Å²) in [5, 5.41) is 0. The van der Waals surface area contributed by atoms with Gasteiger partial charge in [-0.05, 0) is 33.1 Å². The smallest absolute Gasteiger partial charge is 0.333 e. The number of esters is 1. The summed E-state index contributed by atoms with van der Waals surface area (Å²) in [5.74, 6) is -0.172. The topological polar surface area (TPSA) is 26.3 Å². The third-order valence-corrected chi connectivity index (χ3v) is 2.90. The Bertz CT molecular complexity index is 225. The van der Waals surface area contributed by atoms with Gasteiger partial charge >= 0.3 is 5.97 Å². The molecule has 0 aromatic carbocycles. The fourth-order valence-electron chi connectivity index (χ4n) is 1.14. The minimum atomic E-state index is -0.307. The molecule has 2 nitrogen and oxygen atoms in total. The lowest BCUT2D eigenvalue weighted by Gasteiger charge is -2.27. The predicted octanol–water partition coefficient (Wildman–Crippen LogP) is 3.85. The molecule has 2 heteroatoms. The highest BCUT2D eigenvalue weighted by molar-refractivity contribution is 5.88. The molecule has 88 valence electrons. The van der Waals surface area contributed by atoms with Crippen LogP contribution in [0.4, 0.5) is 0 Å². The van der Waals surface area contributed by atoms with Gasteiger partial charge < -0.3 is 4.74 Å². The molecule has 0 radical (unpaired) electrons. The van der Waals surface area contributed by atoms with Crippen LogP contribution in [0.15, 0.2) is 11.6 Å². The average molecular weight is 212 g/mol. The number of hydrogen-bond acceptors (Lipinski definition) is 2. The first-order chi connectivity index (χ1) is 6.99. The van der Waals surface area contributed by atoms with Crippen molar-refractivity contribution in [2.45, 2.75) is 65.9 Å². The van der Waals surface area contributed by atoms with E-state index in [-0.39, 0.29) is 11.6 Å².